The molecule has 0 aliphatic carbocycles. The number of hydrogen-bond acceptors (Lipinski definition) is 0. The zero-order valence-corrected chi connectivity index (χ0v) is 11.2. The molecular weight excluding hydrogens is 316 g/mol. The van der Waals surface area contributed by atoms with Crippen LogP contribution in [0.2, 0.25) is 0 Å². The largest absolute Gasteiger partial charge is 0.130 e. The third-order valence-corrected chi connectivity index (χ3v) is 4.10. The summed E-state index contributed by atoms with van der Waals surface area (Å²) in [4.78, 5) is 0. The number of hydrogen-bond donors (Lipinski definition) is 0. The molecule has 0 unspecified atom stereocenters. The van der Waals surface area contributed by atoms with Gasteiger partial charge in [-0.1, -0.05) is 92.5 Å². The summed E-state index contributed by atoms with van der Waals surface area (Å²) in [5, 5.41) is 0. The Morgan fingerprint density at radius 1 is 0.600 bits per heavy atom. The normalized spacial score (nSPS) is 11.3. The summed E-state index contributed by atoms with van der Waals surface area (Å²) in [5.41, 5.74) is 2.38. The van der Waals surface area contributed by atoms with E-state index in [0.29, 0.717) is 0 Å². The summed E-state index contributed by atoms with van der Waals surface area (Å²) in [6.07, 6.45) is 0. The monoisotopic (exact) mass is 324 g/mol. The Kier molecular flexibility index (Phi) is 3.27. The number of alkyl halides is 2. The topological polar surface area (TPSA) is 0 Å². The van der Waals surface area contributed by atoms with Crippen LogP contribution in [0.15, 0.2) is 60.7 Å². The van der Waals surface area contributed by atoms with Crippen LogP contribution in [-0.4, -0.2) is 0 Å². The highest BCUT2D eigenvalue weighted by molar-refractivity contribution is 9.25. The molecule has 0 amide bonds. The Hall–Kier alpha value is -0.600. The molecule has 0 spiro atoms. The van der Waals surface area contributed by atoms with Gasteiger partial charge in [0, 0.05) is 0 Å². The fourth-order valence-corrected chi connectivity index (χ4v) is 2.52. The molecule has 15 heavy (non-hydrogen) atoms. The van der Waals surface area contributed by atoms with E-state index in [1.807, 2.05) is 36.4 Å². The van der Waals surface area contributed by atoms with Crippen LogP contribution in [0.1, 0.15) is 11.1 Å². The van der Waals surface area contributed by atoms with E-state index >= 15 is 0 Å². The fraction of sp³-hybridized carbons (Fsp3) is 0.0769. The smallest absolute Gasteiger partial charge is 0.0622 e. The van der Waals surface area contributed by atoms with E-state index in [-0.39, 0.29) is 3.23 Å². The van der Waals surface area contributed by atoms with Crippen LogP contribution in [-0.2, 0) is 3.23 Å². The average molecular weight is 326 g/mol. The van der Waals surface area contributed by atoms with Crippen molar-refractivity contribution in [1.82, 2.24) is 0 Å². The highest BCUT2D eigenvalue weighted by atomic mass is 79.9. The van der Waals surface area contributed by atoms with Gasteiger partial charge >= 0.3 is 0 Å². The first-order chi connectivity index (χ1) is 7.21. The van der Waals surface area contributed by atoms with Gasteiger partial charge in [-0.2, -0.15) is 0 Å². The van der Waals surface area contributed by atoms with Crippen molar-refractivity contribution in [2.24, 2.45) is 0 Å². The SMILES string of the molecule is BrC(Br)(c1ccccc1)c1ccccc1. The molecule has 2 aromatic rings. The lowest BCUT2D eigenvalue weighted by Gasteiger charge is -2.21. The highest BCUT2D eigenvalue weighted by Gasteiger charge is 2.26. The first kappa shape index (κ1) is 10.9. The first-order valence-corrected chi connectivity index (χ1v) is 6.29. The standard InChI is InChI=1S/C13H10Br2/c14-13(15,11-7-3-1-4-8-11)12-9-5-2-6-10-12/h1-10H. The lowest BCUT2D eigenvalue weighted by Crippen LogP contribution is -2.10. The van der Waals surface area contributed by atoms with Crippen molar-refractivity contribution in [3.8, 4) is 0 Å². The molecule has 0 nitrogen and oxygen atoms in total. The minimum absolute atomic E-state index is 0.289. The predicted octanol–water partition coefficient (Wildman–Crippen LogP) is 4.68. The van der Waals surface area contributed by atoms with E-state index in [1.165, 1.54) is 11.1 Å². The number of benzene rings is 2. The molecule has 0 N–H and O–H groups in total. The quantitative estimate of drug-likeness (QED) is 0.703. The molecule has 76 valence electrons. The molecule has 0 radical (unpaired) electrons. The van der Waals surface area contributed by atoms with Crippen molar-refractivity contribution in [2.45, 2.75) is 3.23 Å². The second-order valence-electron chi connectivity index (χ2n) is 3.31. The van der Waals surface area contributed by atoms with E-state index in [0.717, 1.165) is 0 Å². The van der Waals surface area contributed by atoms with E-state index in [4.69, 9.17) is 0 Å². The van der Waals surface area contributed by atoms with Crippen LogP contribution in [0.3, 0.4) is 0 Å². The molecule has 0 heterocycles. The van der Waals surface area contributed by atoms with Gasteiger partial charge in [0.05, 0.1) is 0 Å². The summed E-state index contributed by atoms with van der Waals surface area (Å²) in [6, 6.07) is 20.6. The maximum atomic E-state index is 3.71. The van der Waals surface area contributed by atoms with Crippen molar-refractivity contribution in [2.75, 3.05) is 0 Å². The maximum Gasteiger partial charge on any atom is 0.130 e. The summed E-state index contributed by atoms with van der Waals surface area (Å²) < 4.78 is -0.289. The molecule has 2 heteroatoms. The molecule has 0 aliphatic rings. The zero-order chi connectivity index (χ0) is 10.7. The Morgan fingerprint density at radius 3 is 1.27 bits per heavy atom. The van der Waals surface area contributed by atoms with Gasteiger partial charge in [-0.15, -0.1) is 0 Å². The van der Waals surface area contributed by atoms with Crippen LogP contribution in [0.4, 0.5) is 0 Å². The third kappa shape index (κ3) is 2.32. The molecule has 0 aromatic heterocycles. The summed E-state index contributed by atoms with van der Waals surface area (Å²) in [5.74, 6) is 0. The molecule has 0 fully saturated rings. The van der Waals surface area contributed by atoms with Gasteiger partial charge in [0.2, 0.25) is 0 Å². The van der Waals surface area contributed by atoms with Crippen molar-refractivity contribution < 1.29 is 0 Å². The fourth-order valence-electron chi connectivity index (χ4n) is 1.46. The number of rotatable bonds is 2. The lowest BCUT2D eigenvalue weighted by atomic mass is 10.1. The maximum absolute atomic E-state index is 3.71. The minimum Gasteiger partial charge on any atom is -0.0622 e. The van der Waals surface area contributed by atoms with Crippen LogP contribution in [0, 0.1) is 0 Å². The molecule has 0 bridgehead atoms. The molecule has 0 saturated carbocycles. The van der Waals surface area contributed by atoms with Crippen LogP contribution in [0.25, 0.3) is 0 Å². The molecule has 2 aromatic carbocycles. The summed E-state index contributed by atoms with van der Waals surface area (Å²) in [6.45, 7) is 0. The van der Waals surface area contributed by atoms with Crippen molar-refractivity contribution >= 4 is 31.9 Å². The third-order valence-electron chi connectivity index (χ3n) is 2.27. The van der Waals surface area contributed by atoms with Gasteiger partial charge < -0.3 is 0 Å². The van der Waals surface area contributed by atoms with E-state index in [9.17, 15) is 0 Å². The minimum atomic E-state index is -0.289. The van der Waals surface area contributed by atoms with Gasteiger partial charge in [-0.05, 0) is 11.1 Å². The Balaban J connectivity index is 2.44. The second-order valence-corrected chi connectivity index (χ2v) is 6.75. The molecule has 0 aliphatic heterocycles. The van der Waals surface area contributed by atoms with Crippen molar-refractivity contribution in [3.63, 3.8) is 0 Å². The Labute approximate surface area is 107 Å². The first-order valence-electron chi connectivity index (χ1n) is 4.70. The average Bonchev–Trinajstić information content (AvgIpc) is 2.31. The lowest BCUT2D eigenvalue weighted by molar-refractivity contribution is 1.12. The highest BCUT2D eigenvalue weighted by Crippen LogP contribution is 2.44. The molecule has 2 rings (SSSR count). The van der Waals surface area contributed by atoms with Crippen molar-refractivity contribution in [1.29, 1.82) is 0 Å². The Morgan fingerprint density at radius 2 is 0.933 bits per heavy atom. The van der Waals surface area contributed by atoms with Gasteiger partial charge in [0.1, 0.15) is 3.23 Å². The van der Waals surface area contributed by atoms with Gasteiger partial charge in [-0.25, -0.2) is 0 Å². The summed E-state index contributed by atoms with van der Waals surface area (Å²) in [7, 11) is 0. The molecule has 0 saturated heterocycles. The summed E-state index contributed by atoms with van der Waals surface area (Å²) >= 11 is 7.43. The van der Waals surface area contributed by atoms with Crippen LogP contribution >= 0.6 is 31.9 Å². The van der Waals surface area contributed by atoms with E-state index in [2.05, 4.69) is 56.1 Å². The zero-order valence-electron chi connectivity index (χ0n) is 8.03. The van der Waals surface area contributed by atoms with Crippen LogP contribution < -0.4 is 0 Å². The van der Waals surface area contributed by atoms with Crippen LogP contribution in [0.5, 0.6) is 0 Å². The van der Waals surface area contributed by atoms with Gasteiger partial charge in [0.15, 0.2) is 0 Å². The van der Waals surface area contributed by atoms with Gasteiger partial charge in [0.25, 0.3) is 0 Å². The predicted molar refractivity (Wildman–Crippen MR) is 71.5 cm³/mol. The molecule has 0 atom stereocenters. The molecular formula is C13H10Br2. The van der Waals surface area contributed by atoms with Crippen molar-refractivity contribution in [3.05, 3.63) is 71.8 Å². The van der Waals surface area contributed by atoms with Gasteiger partial charge in [-0.3, -0.25) is 0 Å². The second kappa shape index (κ2) is 4.50. The van der Waals surface area contributed by atoms with E-state index < -0.39 is 0 Å². The van der Waals surface area contributed by atoms with E-state index in [1.54, 1.807) is 0 Å². The number of halogens is 2. The Bertz CT molecular complexity index is 379.